The summed E-state index contributed by atoms with van der Waals surface area (Å²) in [6.45, 7) is 0. The topological polar surface area (TPSA) is 66.4 Å². The van der Waals surface area contributed by atoms with Crippen LogP contribution in [0.5, 0.6) is 0 Å². The van der Waals surface area contributed by atoms with E-state index in [9.17, 15) is 9.59 Å². The highest BCUT2D eigenvalue weighted by molar-refractivity contribution is 14.1. The third-order valence-corrected chi connectivity index (χ3v) is 8.31. The highest BCUT2D eigenvalue weighted by Gasteiger charge is 2.25. The van der Waals surface area contributed by atoms with Gasteiger partial charge in [-0.2, -0.15) is 0 Å². The number of amides is 1. The van der Waals surface area contributed by atoms with Crippen LogP contribution in [0.2, 0.25) is 0 Å². The van der Waals surface area contributed by atoms with Crippen molar-refractivity contribution in [1.82, 2.24) is 5.32 Å². The van der Waals surface area contributed by atoms with E-state index in [1.165, 1.54) is 0 Å². The molecule has 17 heavy (non-hydrogen) atoms. The molecule has 0 aliphatic carbocycles. The molecule has 0 saturated carbocycles. The second kappa shape index (κ2) is 6.49. The van der Waals surface area contributed by atoms with E-state index in [1.807, 2.05) is 90.4 Å². The van der Waals surface area contributed by atoms with E-state index in [-0.39, 0.29) is 11.5 Å². The minimum absolute atomic E-state index is 0.202. The van der Waals surface area contributed by atoms with Gasteiger partial charge in [-0.15, -0.1) is 0 Å². The van der Waals surface area contributed by atoms with E-state index >= 15 is 0 Å². The summed E-state index contributed by atoms with van der Waals surface area (Å²) >= 11 is 7.93. The van der Waals surface area contributed by atoms with Gasteiger partial charge in [0.1, 0.15) is 0 Å². The van der Waals surface area contributed by atoms with Crippen molar-refractivity contribution in [2.75, 3.05) is 7.05 Å². The minimum atomic E-state index is -0.974. The van der Waals surface area contributed by atoms with Gasteiger partial charge < -0.3 is 10.4 Å². The molecule has 1 aromatic carbocycles. The molecule has 0 bridgehead atoms. The second-order valence-corrected chi connectivity index (χ2v) is 7.21. The molecule has 92 valence electrons. The number of nitrogens with one attached hydrogen (secondary N) is 1. The number of carbonyl (C=O) groups excluding carboxylic acids is 1. The molecule has 1 amide bonds. The summed E-state index contributed by atoms with van der Waals surface area (Å²) in [4.78, 5) is 22.9. The summed E-state index contributed by atoms with van der Waals surface area (Å²) in [6, 6.07) is 0. The number of hydrogen-bond donors (Lipinski definition) is 2. The average molecular weight is 683 g/mol. The number of rotatable bonds is 2. The Morgan fingerprint density at radius 1 is 0.941 bits per heavy atom. The highest BCUT2D eigenvalue weighted by atomic mass is 127. The molecule has 0 atom stereocenters. The number of aromatic carboxylic acids is 1. The van der Waals surface area contributed by atoms with Crippen LogP contribution >= 0.6 is 90.4 Å². The van der Waals surface area contributed by atoms with Crippen molar-refractivity contribution in [2.24, 2.45) is 0 Å². The van der Waals surface area contributed by atoms with Crippen molar-refractivity contribution in [3.63, 3.8) is 0 Å². The standard InChI is InChI=1S/C9H5I4NO3/c1-14-8(15)2-4(10)6(12)3(9(16)17)7(13)5(2)11/h1H3,(H,14,15)(H,16,17). The molecule has 0 radical (unpaired) electrons. The fourth-order valence-corrected chi connectivity index (χ4v) is 5.28. The third-order valence-electron chi connectivity index (χ3n) is 1.93. The van der Waals surface area contributed by atoms with Crippen molar-refractivity contribution in [1.29, 1.82) is 0 Å². The van der Waals surface area contributed by atoms with Crippen molar-refractivity contribution < 1.29 is 14.7 Å². The van der Waals surface area contributed by atoms with Gasteiger partial charge in [0, 0.05) is 21.3 Å². The van der Waals surface area contributed by atoms with Crippen LogP contribution in [0.3, 0.4) is 0 Å². The van der Waals surface area contributed by atoms with Gasteiger partial charge in [0.15, 0.2) is 0 Å². The zero-order valence-electron chi connectivity index (χ0n) is 8.28. The molecule has 8 heteroatoms. The van der Waals surface area contributed by atoms with Crippen LogP contribution in [0.4, 0.5) is 0 Å². The summed E-state index contributed by atoms with van der Waals surface area (Å²) in [5.74, 6) is -1.18. The van der Waals surface area contributed by atoms with Crippen LogP contribution in [-0.4, -0.2) is 24.0 Å². The Labute approximate surface area is 152 Å². The number of benzene rings is 1. The summed E-state index contributed by atoms with van der Waals surface area (Å²) < 4.78 is 2.53. The fourth-order valence-electron chi connectivity index (χ4n) is 1.14. The molecule has 1 aromatic rings. The molecule has 0 aliphatic heterocycles. The van der Waals surface area contributed by atoms with Gasteiger partial charge in [-0.3, -0.25) is 4.79 Å². The second-order valence-electron chi connectivity index (χ2n) is 2.89. The van der Waals surface area contributed by atoms with Crippen LogP contribution in [-0.2, 0) is 0 Å². The Morgan fingerprint density at radius 3 is 1.59 bits per heavy atom. The van der Waals surface area contributed by atoms with E-state index in [4.69, 9.17) is 5.11 Å². The van der Waals surface area contributed by atoms with Gasteiger partial charge >= 0.3 is 5.97 Å². The van der Waals surface area contributed by atoms with Crippen LogP contribution in [0, 0.1) is 14.3 Å². The highest BCUT2D eigenvalue weighted by Crippen LogP contribution is 2.32. The molecule has 4 nitrogen and oxygen atoms in total. The molecule has 0 unspecified atom stereocenters. The van der Waals surface area contributed by atoms with Crippen LogP contribution in [0.25, 0.3) is 0 Å². The number of halogens is 4. The van der Waals surface area contributed by atoms with Gasteiger partial charge in [0.05, 0.1) is 11.1 Å². The Balaban J connectivity index is 3.70. The van der Waals surface area contributed by atoms with Gasteiger partial charge in [-0.1, -0.05) is 0 Å². The number of carbonyl (C=O) groups is 2. The Bertz CT molecular complexity index is 486. The average Bonchev–Trinajstić information content (AvgIpc) is 2.26. The van der Waals surface area contributed by atoms with Crippen molar-refractivity contribution in [2.45, 2.75) is 0 Å². The van der Waals surface area contributed by atoms with Crippen molar-refractivity contribution in [3.8, 4) is 0 Å². The predicted molar refractivity (Wildman–Crippen MR) is 97.7 cm³/mol. The molecular formula is C9H5I4NO3. The first-order valence-electron chi connectivity index (χ1n) is 4.14. The summed E-state index contributed by atoms with van der Waals surface area (Å²) in [6.07, 6.45) is 0. The summed E-state index contributed by atoms with van der Waals surface area (Å²) in [7, 11) is 1.55. The molecule has 0 aliphatic rings. The van der Waals surface area contributed by atoms with Gasteiger partial charge in [-0.25, -0.2) is 4.79 Å². The van der Waals surface area contributed by atoms with Crippen molar-refractivity contribution in [3.05, 3.63) is 25.4 Å². The monoisotopic (exact) mass is 683 g/mol. The molecule has 0 fully saturated rings. The Hall–Kier alpha value is 1.08. The van der Waals surface area contributed by atoms with E-state index in [2.05, 4.69) is 5.32 Å². The molecule has 2 N–H and O–H groups in total. The normalized spacial score (nSPS) is 10.2. The van der Waals surface area contributed by atoms with Crippen molar-refractivity contribution >= 4 is 102 Å². The lowest BCUT2D eigenvalue weighted by molar-refractivity contribution is 0.0693. The maximum absolute atomic E-state index is 11.8. The molecule has 0 saturated heterocycles. The Morgan fingerprint density at radius 2 is 1.29 bits per heavy atom. The molecule has 0 aromatic heterocycles. The lowest BCUT2D eigenvalue weighted by atomic mass is 10.1. The lowest BCUT2D eigenvalue weighted by Gasteiger charge is -2.13. The molecule has 1 rings (SSSR count). The zero-order chi connectivity index (χ0) is 13.3. The van der Waals surface area contributed by atoms with E-state index in [1.54, 1.807) is 7.05 Å². The van der Waals surface area contributed by atoms with E-state index in [0.717, 1.165) is 0 Å². The van der Waals surface area contributed by atoms with Crippen LogP contribution in [0.15, 0.2) is 0 Å². The van der Waals surface area contributed by atoms with Gasteiger partial charge in [-0.05, 0) is 90.4 Å². The van der Waals surface area contributed by atoms with Gasteiger partial charge in [0.25, 0.3) is 5.91 Å². The largest absolute Gasteiger partial charge is 0.478 e. The van der Waals surface area contributed by atoms with Crippen LogP contribution < -0.4 is 5.32 Å². The number of hydrogen-bond acceptors (Lipinski definition) is 2. The SMILES string of the molecule is CNC(=O)c1c(I)c(I)c(C(=O)O)c(I)c1I. The van der Waals surface area contributed by atoms with Crippen LogP contribution in [0.1, 0.15) is 20.7 Å². The third kappa shape index (κ3) is 3.16. The Kier molecular flexibility index (Phi) is 6.16. The molecular weight excluding hydrogens is 678 g/mol. The first kappa shape index (κ1) is 16.1. The fraction of sp³-hybridized carbons (Fsp3) is 0.111. The van der Waals surface area contributed by atoms with E-state index in [0.29, 0.717) is 19.8 Å². The lowest BCUT2D eigenvalue weighted by Crippen LogP contribution is -2.23. The maximum Gasteiger partial charge on any atom is 0.337 e. The number of carboxylic acid groups (broad SMARTS) is 1. The first-order chi connectivity index (χ1) is 7.82. The summed E-state index contributed by atoms with van der Waals surface area (Å²) in [5.41, 5.74) is 0.792. The smallest absolute Gasteiger partial charge is 0.337 e. The first-order valence-corrected chi connectivity index (χ1v) is 8.45. The molecule has 0 heterocycles. The maximum atomic E-state index is 11.8. The predicted octanol–water partition coefficient (Wildman–Crippen LogP) is 3.16. The van der Waals surface area contributed by atoms with Gasteiger partial charge in [0.2, 0.25) is 0 Å². The molecule has 0 spiro atoms. The number of carboxylic acids is 1. The summed E-state index contributed by atoms with van der Waals surface area (Å²) in [5, 5.41) is 11.7. The minimum Gasteiger partial charge on any atom is -0.478 e. The quantitative estimate of drug-likeness (QED) is 0.373. The zero-order valence-corrected chi connectivity index (χ0v) is 16.9. The van der Waals surface area contributed by atoms with E-state index < -0.39 is 5.97 Å².